The Morgan fingerprint density at radius 3 is 2.49 bits per heavy atom. The van der Waals surface area contributed by atoms with Crippen molar-refractivity contribution in [2.45, 2.75) is 11.9 Å². The number of nitrogens with two attached hydrogens (primary N) is 1. The van der Waals surface area contributed by atoms with Crippen LogP contribution < -0.4 is 16.1 Å². The standard InChI is InChI=1S/C26H16Cl2N4O4S/c1-2-35-16-5-3-13(4-6-16)22-18(10-29)24(31)32-25(19(22)11-30)37-12-21(33)17-8-14-7-15(27)9-20(28)23(14)36-26(17)34/h3-9H,2,12H2,1H3,(H2,31,32). The fourth-order valence-electron chi connectivity index (χ4n) is 3.64. The van der Waals surface area contributed by atoms with Crippen molar-refractivity contribution in [3.05, 3.63) is 79.6 Å². The highest BCUT2D eigenvalue weighted by Crippen LogP contribution is 2.36. The van der Waals surface area contributed by atoms with E-state index in [1.165, 1.54) is 18.2 Å². The molecule has 0 aliphatic rings. The van der Waals surface area contributed by atoms with E-state index in [9.17, 15) is 20.1 Å². The molecule has 4 aromatic rings. The Balaban J connectivity index is 1.71. The Hall–Kier alpha value is -4.02. The van der Waals surface area contributed by atoms with Crippen LogP contribution in [0.3, 0.4) is 0 Å². The Labute approximate surface area is 225 Å². The molecule has 0 fully saturated rings. The van der Waals surface area contributed by atoms with Gasteiger partial charge in [-0.05, 0) is 42.8 Å². The van der Waals surface area contributed by atoms with Crippen molar-refractivity contribution >= 4 is 57.5 Å². The Morgan fingerprint density at radius 1 is 1.14 bits per heavy atom. The summed E-state index contributed by atoms with van der Waals surface area (Å²) in [4.78, 5) is 29.6. The van der Waals surface area contributed by atoms with E-state index in [0.29, 0.717) is 33.9 Å². The number of carbonyl (C=O) groups excluding carboxylic acids is 1. The Bertz CT molecular complexity index is 1690. The van der Waals surface area contributed by atoms with Crippen molar-refractivity contribution in [3.8, 4) is 29.0 Å². The normalized spacial score (nSPS) is 10.6. The number of aromatic nitrogens is 1. The van der Waals surface area contributed by atoms with Gasteiger partial charge in [0, 0.05) is 16.0 Å². The number of hydrogen-bond acceptors (Lipinski definition) is 9. The molecule has 37 heavy (non-hydrogen) atoms. The molecule has 2 aromatic heterocycles. The van der Waals surface area contributed by atoms with E-state index in [1.54, 1.807) is 24.3 Å². The minimum absolute atomic E-state index is 0.0420. The number of hydrogen-bond donors (Lipinski definition) is 1. The lowest BCUT2D eigenvalue weighted by Crippen LogP contribution is -2.16. The number of anilines is 1. The van der Waals surface area contributed by atoms with Crippen molar-refractivity contribution < 1.29 is 13.9 Å². The van der Waals surface area contributed by atoms with Crippen LogP contribution in [0.1, 0.15) is 28.4 Å². The second-order valence-electron chi connectivity index (χ2n) is 7.57. The van der Waals surface area contributed by atoms with Gasteiger partial charge in [0.15, 0.2) is 11.4 Å². The number of nitriles is 2. The molecule has 0 aliphatic heterocycles. The van der Waals surface area contributed by atoms with Crippen LogP contribution >= 0.6 is 35.0 Å². The van der Waals surface area contributed by atoms with Gasteiger partial charge in [0.2, 0.25) is 0 Å². The molecular formula is C26H16Cl2N4O4S. The lowest BCUT2D eigenvalue weighted by molar-refractivity contribution is 0.101. The SMILES string of the molecule is CCOc1ccc(-c2c(C#N)c(N)nc(SCC(=O)c3cc4cc(Cl)cc(Cl)c4oc3=O)c2C#N)cc1. The molecule has 11 heteroatoms. The molecule has 0 spiro atoms. The predicted molar refractivity (Wildman–Crippen MR) is 142 cm³/mol. The molecule has 2 heterocycles. The van der Waals surface area contributed by atoms with Crippen LogP contribution in [0.2, 0.25) is 10.0 Å². The lowest BCUT2D eigenvalue weighted by atomic mass is 9.97. The monoisotopic (exact) mass is 550 g/mol. The summed E-state index contributed by atoms with van der Waals surface area (Å²) < 4.78 is 10.7. The van der Waals surface area contributed by atoms with Gasteiger partial charge in [0.1, 0.15) is 39.9 Å². The third-order valence-corrected chi connectivity index (χ3v) is 6.74. The van der Waals surface area contributed by atoms with E-state index in [-0.39, 0.29) is 43.9 Å². The summed E-state index contributed by atoms with van der Waals surface area (Å²) in [6, 6.07) is 15.2. The van der Waals surface area contributed by atoms with Gasteiger partial charge in [-0.1, -0.05) is 47.1 Å². The molecule has 2 aromatic carbocycles. The highest BCUT2D eigenvalue weighted by molar-refractivity contribution is 8.00. The fourth-order valence-corrected chi connectivity index (χ4v) is 5.06. The molecule has 0 amide bonds. The third kappa shape index (κ3) is 5.25. The highest BCUT2D eigenvalue weighted by Gasteiger charge is 2.22. The van der Waals surface area contributed by atoms with Crippen molar-refractivity contribution in [2.75, 3.05) is 18.1 Å². The first-order valence-electron chi connectivity index (χ1n) is 10.7. The fraction of sp³-hybridized carbons (Fsp3) is 0.115. The molecule has 0 saturated carbocycles. The first-order chi connectivity index (χ1) is 17.8. The van der Waals surface area contributed by atoms with E-state index in [4.69, 9.17) is 38.1 Å². The van der Waals surface area contributed by atoms with Crippen LogP contribution in [-0.2, 0) is 0 Å². The molecular weight excluding hydrogens is 535 g/mol. The second-order valence-corrected chi connectivity index (χ2v) is 9.38. The summed E-state index contributed by atoms with van der Waals surface area (Å²) in [5.41, 5.74) is 6.08. The molecule has 0 saturated heterocycles. The average Bonchev–Trinajstić information content (AvgIpc) is 2.87. The first-order valence-corrected chi connectivity index (χ1v) is 12.5. The molecule has 2 N–H and O–H groups in total. The van der Waals surface area contributed by atoms with Gasteiger partial charge in [-0.3, -0.25) is 4.79 Å². The zero-order valence-corrected chi connectivity index (χ0v) is 21.5. The van der Waals surface area contributed by atoms with Gasteiger partial charge < -0.3 is 14.9 Å². The molecule has 184 valence electrons. The maximum atomic E-state index is 13.0. The number of nitrogen functional groups attached to an aromatic ring is 1. The van der Waals surface area contributed by atoms with Crippen LogP contribution in [0.4, 0.5) is 5.82 Å². The topological polar surface area (TPSA) is 143 Å². The summed E-state index contributed by atoms with van der Waals surface area (Å²) in [6.45, 7) is 2.34. The smallest absolute Gasteiger partial charge is 0.347 e. The molecule has 0 radical (unpaired) electrons. The Morgan fingerprint density at radius 2 is 1.84 bits per heavy atom. The summed E-state index contributed by atoms with van der Waals surface area (Å²) in [5, 5.41) is 20.7. The minimum Gasteiger partial charge on any atom is -0.494 e. The number of Topliss-reactive ketones (excluding diaryl/α,β-unsaturated/α-hetero) is 1. The first kappa shape index (κ1) is 26.1. The third-order valence-electron chi connectivity index (χ3n) is 5.26. The van der Waals surface area contributed by atoms with E-state index in [1.807, 2.05) is 13.0 Å². The number of halogens is 2. The number of fused-ring (bicyclic) bond motifs is 1. The van der Waals surface area contributed by atoms with E-state index < -0.39 is 11.4 Å². The number of ether oxygens (including phenoxy) is 1. The zero-order valence-electron chi connectivity index (χ0n) is 19.2. The maximum absolute atomic E-state index is 13.0. The summed E-state index contributed by atoms with van der Waals surface area (Å²) in [5.74, 6) is -0.273. The molecule has 8 nitrogen and oxygen atoms in total. The van der Waals surface area contributed by atoms with Crippen LogP contribution in [0, 0.1) is 22.7 Å². The van der Waals surface area contributed by atoms with Gasteiger partial charge in [-0.15, -0.1) is 0 Å². The number of benzene rings is 2. The van der Waals surface area contributed by atoms with Crippen molar-refractivity contribution in [1.29, 1.82) is 10.5 Å². The van der Waals surface area contributed by atoms with E-state index >= 15 is 0 Å². The van der Waals surface area contributed by atoms with Gasteiger partial charge >= 0.3 is 5.63 Å². The number of nitrogens with zero attached hydrogens (tertiary/aromatic N) is 3. The van der Waals surface area contributed by atoms with Crippen molar-refractivity contribution in [3.63, 3.8) is 0 Å². The predicted octanol–water partition coefficient (Wildman–Crippen LogP) is 5.86. The summed E-state index contributed by atoms with van der Waals surface area (Å²) in [7, 11) is 0. The largest absolute Gasteiger partial charge is 0.494 e. The van der Waals surface area contributed by atoms with Crippen LogP contribution in [0.5, 0.6) is 5.75 Å². The molecule has 0 aliphatic carbocycles. The van der Waals surface area contributed by atoms with Crippen LogP contribution in [0.25, 0.3) is 22.1 Å². The molecule has 0 bridgehead atoms. The Kier molecular flexibility index (Phi) is 7.70. The molecule has 4 rings (SSSR count). The molecule has 0 atom stereocenters. The number of carbonyl (C=O) groups is 1. The quantitative estimate of drug-likeness (QED) is 0.170. The number of pyridine rings is 1. The van der Waals surface area contributed by atoms with Gasteiger partial charge in [0.25, 0.3) is 0 Å². The van der Waals surface area contributed by atoms with Gasteiger partial charge in [0.05, 0.1) is 22.9 Å². The van der Waals surface area contributed by atoms with Gasteiger partial charge in [-0.25, -0.2) is 9.78 Å². The zero-order chi connectivity index (χ0) is 26.7. The number of rotatable bonds is 7. The van der Waals surface area contributed by atoms with Crippen molar-refractivity contribution in [2.24, 2.45) is 0 Å². The number of thioether (sulfide) groups is 1. The summed E-state index contributed by atoms with van der Waals surface area (Å²) >= 11 is 13.0. The van der Waals surface area contributed by atoms with Crippen LogP contribution in [-0.4, -0.2) is 23.1 Å². The summed E-state index contributed by atoms with van der Waals surface area (Å²) in [6.07, 6.45) is 0. The van der Waals surface area contributed by atoms with Crippen LogP contribution in [0.15, 0.2) is 56.7 Å². The minimum atomic E-state index is -0.856. The second kappa shape index (κ2) is 10.9. The van der Waals surface area contributed by atoms with E-state index in [0.717, 1.165) is 11.8 Å². The van der Waals surface area contributed by atoms with Crippen molar-refractivity contribution in [1.82, 2.24) is 4.98 Å². The van der Waals surface area contributed by atoms with E-state index in [2.05, 4.69) is 11.1 Å². The lowest BCUT2D eigenvalue weighted by Gasteiger charge is -2.13. The maximum Gasteiger partial charge on any atom is 0.347 e. The molecule has 0 unspecified atom stereocenters. The highest BCUT2D eigenvalue weighted by atomic mass is 35.5. The average molecular weight is 551 g/mol. The number of ketones is 1. The van der Waals surface area contributed by atoms with Gasteiger partial charge in [-0.2, -0.15) is 10.5 Å².